The number of rotatable bonds is 6. The molecule has 216 valence electrons. The number of nitrogens with one attached hydrogen (secondary N) is 2. The zero-order valence-corrected chi connectivity index (χ0v) is 23.9. The van der Waals surface area contributed by atoms with E-state index >= 15 is 0 Å². The van der Waals surface area contributed by atoms with Gasteiger partial charge in [0.1, 0.15) is 11.5 Å². The lowest BCUT2D eigenvalue weighted by atomic mass is 10.1. The van der Waals surface area contributed by atoms with Crippen LogP contribution in [-0.2, 0) is 14.8 Å². The number of nitrogens with zero attached hydrogens (tertiary/aromatic N) is 5. The average Bonchev–Trinajstić information content (AvgIpc) is 2.98. The number of anilines is 3. The van der Waals surface area contributed by atoms with Crippen molar-refractivity contribution < 1.29 is 22.7 Å². The molecule has 1 aromatic heterocycles. The quantitative estimate of drug-likeness (QED) is 0.455. The molecule has 41 heavy (non-hydrogen) atoms. The van der Waals surface area contributed by atoms with Gasteiger partial charge in [-0.25, -0.2) is 23.2 Å². The maximum Gasteiger partial charge on any atom is 0.323 e. The summed E-state index contributed by atoms with van der Waals surface area (Å²) in [5.74, 6) is 0.793. The Labute approximate surface area is 239 Å². The summed E-state index contributed by atoms with van der Waals surface area (Å²) in [7, 11) is -3.32. The molecule has 0 spiro atoms. The van der Waals surface area contributed by atoms with Crippen LogP contribution in [0.25, 0.3) is 11.4 Å². The molecule has 0 aliphatic carbocycles. The molecule has 2 aromatic carbocycles. The van der Waals surface area contributed by atoms with Gasteiger partial charge in [0.2, 0.25) is 10.0 Å². The first-order valence-corrected chi connectivity index (χ1v) is 15.2. The molecule has 3 amide bonds. The molecule has 2 saturated heterocycles. The van der Waals surface area contributed by atoms with Gasteiger partial charge in [-0.2, -0.15) is 4.31 Å². The van der Waals surface area contributed by atoms with Gasteiger partial charge in [0.05, 0.1) is 19.5 Å². The highest BCUT2D eigenvalue weighted by atomic mass is 32.2. The summed E-state index contributed by atoms with van der Waals surface area (Å²) in [6, 6.07) is 15.9. The second-order valence-corrected chi connectivity index (χ2v) is 11.9. The molecule has 2 fully saturated rings. The SMILES string of the molecule is Cc1c(C(=O)N2CCN(S(C)(=O)=O)CC2)nc(-c2ccc(NC(=O)Nc3ccccc3)cc2)nc1N1CCOCC1. The van der Waals surface area contributed by atoms with Crippen LogP contribution in [0.4, 0.5) is 22.0 Å². The number of aromatic nitrogens is 2. The van der Waals surface area contributed by atoms with Crippen molar-refractivity contribution in [3.8, 4) is 11.4 Å². The Morgan fingerprint density at radius 1 is 0.829 bits per heavy atom. The number of piperazine rings is 1. The van der Waals surface area contributed by atoms with Gasteiger partial charge in [-0.15, -0.1) is 0 Å². The molecular formula is C28H33N7O5S. The number of hydrogen-bond donors (Lipinski definition) is 2. The van der Waals surface area contributed by atoms with Crippen LogP contribution in [0, 0.1) is 6.92 Å². The summed E-state index contributed by atoms with van der Waals surface area (Å²) in [6.07, 6.45) is 1.18. The van der Waals surface area contributed by atoms with E-state index in [1.807, 2.05) is 25.1 Å². The predicted octanol–water partition coefficient (Wildman–Crippen LogP) is 2.65. The highest BCUT2D eigenvalue weighted by molar-refractivity contribution is 7.88. The molecular weight excluding hydrogens is 546 g/mol. The molecule has 2 N–H and O–H groups in total. The first kappa shape index (κ1) is 28.5. The lowest BCUT2D eigenvalue weighted by Gasteiger charge is -2.34. The summed E-state index contributed by atoms with van der Waals surface area (Å²) in [5, 5.41) is 5.59. The Kier molecular flexibility index (Phi) is 8.47. The topological polar surface area (TPSA) is 137 Å². The molecule has 0 atom stereocenters. The number of urea groups is 1. The van der Waals surface area contributed by atoms with Gasteiger partial charge >= 0.3 is 6.03 Å². The Bertz CT molecular complexity index is 1500. The van der Waals surface area contributed by atoms with E-state index in [1.165, 1.54) is 10.6 Å². The highest BCUT2D eigenvalue weighted by Crippen LogP contribution is 2.27. The van der Waals surface area contributed by atoms with Gasteiger partial charge in [0.25, 0.3) is 5.91 Å². The van der Waals surface area contributed by atoms with Gasteiger partial charge in [0.15, 0.2) is 5.82 Å². The van der Waals surface area contributed by atoms with E-state index in [0.29, 0.717) is 60.4 Å². The second-order valence-electron chi connectivity index (χ2n) is 9.92. The van der Waals surface area contributed by atoms with Gasteiger partial charge < -0.3 is 25.2 Å². The predicted molar refractivity (Wildman–Crippen MR) is 157 cm³/mol. The van der Waals surface area contributed by atoms with Crippen molar-refractivity contribution in [1.29, 1.82) is 0 Å². The van der Waals surface area contributed by atoms with Crippen molar-refractivity contribution in [3.05, 3.63) is 65.9 Å². The van der Waals surface area contributed by atoms with Crippen LogP contribution in [-0.4, -0.2) is 98.3 Å². The van der Waals surface area contributed by atoms with Crippen LogP contribution < -0.4 is 15.5 Å². The molecule has 3 aromatic rings. The number of amides is 3. The fourth-order valence-electron chi connectivity index (χ4n) is 4.82. The Morgan fingerprint density at radius 3 is 2.05 bits per heavy atom. The number of carbonyl (C=O) groups excluding carboxylic acids is 2. The first-order valence-electron chi connectivity index (χ1n) is 13.4. The molecule has 5 rings (SSSR count). The molecule has 0 bridgehead atoms. The first-order chi connectivity index (χ1) is 19.7. The maximum absolute atomic E-state index is 13.7. The van der Waals surface area contributed by atoms with E-state index in [4.69, 9.17) is 14.7 Å². The molecule has 13 heteroatoms. The third-order valence-electron chi connectivity index (χ3n) is 7.06. The Balaban J connectivity index is 1.39. The smallest absolute Gasteiger partial charge is 0.323 e. The highest BCUT2D eigenvalue weighted by Gasteiger charge is 2.30. The fourth-order valence-corrected chi connectivity index (χ4v) is 5.64. The zero-order chi connectivity index (χ0) is 29.0. The molecule has 12 nitrogen and oxygen atoms in total. The summed E-state index contributed by atoms with van der Waals surface area (Å²) >= 11 is 0. The van der Waals surface area contributed by atoms with Crippen molar-refractivity contribution in [1.82, 2.24) is 19.2 Å². The molecule has 2 aliphatic heterocycles. The van der Waals surface area contributed by atoms with Crippen LogP contribution >= 0.6 is 0 Å². The van der Waals surface area contributed by atoms with Crippen molar-refractivity contribution >= 4 is 39.2 Å². The van der Waals surface area contributed by atoms with Crippen molar-refractivity contribution in [3.63, 3.8) is 0 Å². The summed E-state index contributed by atoms with van der Waals surface area (Å²) < 4.78 is 30.8. The number of morpholine rings is 1. The number of benzene rings is 2. The summed E-state index contributed by atoms with van der Waals surface area (Å²) in [6.45, 7) is 5.27. The molecule has 2 aliphatic rings. The lowest BCUT2D eigenvalue weighted by molar-refractivity contribution is 0.0691. The maximum atomic E-state index is 13.7. The minimum Gasteiger partial charge on any atom is -0.378 e. The van der Waals surface area contributed by atoms with Crippen LogP contribution in [0.2, 0.25) is 0 Å². The second kappa shape index (κ2) is 12.2. The summed E-state index contributed by atoms with van der Waals surface area (Å²) in [5.41, 5.74) is 2.91. The van der Waals surface area contributed by atoms with Gasteiger partial charge in [-0.1, -0.05) is 18.2 Å². The number of hydrogen-bond acceptors (Lipinski definition) is 8. The van der Waals surface area contributed by atoms with Crippen molar-refractivity contribution in [2.45, 2.75) is 6.92 Å². The summed E-state index contributed by atoms with van der Waals surface area (Å²) in [4.78, 5) is 39.4. The van der Waals surface area contributed by atoms with Crippen LogP contribution in [0.1, 0.15) is 16.1 Å². The lowest BCUT2D eigenvalue weighted by Crippen LogP contribution is -2.50. The molecule has 0 radical (unpaired) electrons. The largest absolute Gasteiger partial charge is 0.378 e. The molecule has 0 saturated carbocycles. The van der Waals surface area contributed by atoms with Crippen molar-refractivity contribution in [2.24, 2.45) is 0 Å². The minimum absolute atomic E-state index is 0.240. The minimum atomic E-state index is -3.32. The van der Waals surface area contributed by atoms with Crippen LogP contribution in [0.5, 0.6) is 0 Å². The zero-order valence-electron chi connectivity index (χ0n) is 23.0. The van der Waals surface area contributed by atoms with E-state index in [1.54, 1.807) is 41.3 Å². The van der Waals surface area contributed by atoms with E-state index in [2.05, 4.69) is 15.5 Å². The number of carbonyl (C=O) groups is 2. The van der Waals surface area contributed by atoms with Gasteiger partial charge in [-0.3, -0.25) is 4.79 Å². The molecule has 3 heterocycles. The third kappa shape index (κ3) is 6.81. The van der Waals surface area contributed by atoms with E-state index in [-0.39, 0.29) is 43.8 Å². The fraction of sp³-hybridized carbons (Fsp3) is 0.357. The standard InChI is InChI=1S/C28H33N7O5S/c1-20-24(27(36)34-12-14-35(15-13-34)41(2,38)39)31-25(32-26(20)33-16-18-40-19-17-33)21-8-10-23(11-9-21)30-28(37)29-22-6-4-3-5-7-22/h3-11H,12-19H2,1-2H3,(H2,29,30,37). The Hall–Kier alpha value is -4.07. The number of ether oxygens (including phenoxy) is 1. The third-order valence-corrected chi connectivity index (χ3v) is 8.36. The van der Waals surface area contributed by atoms with Crippen LogP contribution in [0.3, 0.4) is 0 Å². The van der Waals surface area contributed by atoms with Gasteiger partial charge in [0, 0.05) is 61.8 Å². The normalized spacial score (nSPS) is 16.3. The monoisotopic (exact) mass is 579 g/mol. The van der Waals surface area contributed by atoms with Crippen LogP contribution in [0.15, 0.2) is 54.6 Å². The number of para-hydroxylation sites is 1. The van der Waals surface area contributed by atoms with E-state index < -0.39 is 10.0 Å². The number of sulfonamides is 1. The molecule has 0 unspecified atom stereocenters. The Morgan fingerprint density at radius 2 is 1.44 bits per heavy atom. The average molecular weight is 580 g/mol. The van der Waals surface area contributed by atoms with E-state index in [0.717, 1.165) is 0 Å². The van der Waals surface area contributed by atoms with Gasteiger partial charge in [-0.05, 0) is 43.3 Å². The van der Waals surface area contributed by atoms with Crippen molar-refractivity contribution in [2.75, 3.05) is 74.3 Å². The van der Waals surface area contributed by atoms with E-state index in [9.17, 15) is 18.0 Å².